The molecule has 0 radical (unpaired) electrons. The number of carboxylic acids is 1. The second kappa shape index (κ2) is 11.7. The van der Waals surface area contributed by atoms with Crippen molar-refractivity contribution >= 4 is 64.5 Å². The van der Waals surface area contributed by atoms with E-state index in [4.69, 9.17) is 32.4 Å². The van der Waals surface area contributed by atoms with E-state index < -0.39 is 10.9 Å². The van der Waals surface area contributed by atoms with Crippen LogP contribution in [-0.2, 0) is 4.79 Å². The van der Waals surface area contributed by atoms with Crippen LogP contribution in [-0.4, -0.2) is 33.3 Å². The lowest BCUT2D eigenvalue weighted by Gasteiger charge is -2.08. The number of nitro benzene ring substituents is 1. The summed E-state index contributed by atoms with van der Waals surface area (Å²) in [6.45, 7) is 0. The average Bonchev–Trinajstić information content (AvgIpc) is 3.34. The number of thioether (sulfide) groups is 1. The number of ether oxygens (including phenoxy) is 1. The molecule has 0 aliphatic heterocycles. The second-order valence-electron chi connectivity index (χ2n) is 7.17. The van der Waals surface area contributed by atoms with Crippen LogP contribution in [0.2, 0.25) is 10.0 Å². The van der Waals surface area contributed by atoms with Gasteiger partial charge in [-0.05, 0) is 71.9 Å². The molecule has 0 atom stereocenters. The Morgan fingerprint density at radius 1 is 1.08 bits per heavy atom. The highest BCUT2D eigenvalue weighted by Gasteiger charge is 2.20. The van der Waals surface area contributed by atoms with E-state index in [-0.39, 0.29) is 21.7 Å². The molecular weight excluding hydrogens is 561 g/mol. The molecule has 0 bridgehead atoms. The fraction of sp³-hybridized carbons (Fsp3) is 0.0417. The number of hydrogen-bond donors (Lipinski definition) is 1. The number of rotatable bonds is 9. The Morgan fingerprint density at radius 3 is 2.49 bits per heavy atom. The highest BCUT2D eigenvalue weighted by molar-refractivity contribution is 8.03. The summed E-state index contributed by atoms with van der Waals surface area (Å²) < 4.78 is 11.0. The van der Waals surface area contributed by atoms with Gasteiger partial charge in [0.15, 0.2) is 0 Å². The zero-order valence-corrected chi connectivity index (χ0v) is 21.9. The smallest absolute Gasteiger partial charge is 0.342 e. The second-order valence-corrected chi connectivity index (χ2v) is 10.2. The molecule has 13 heteroatoms. The Balaban J connectivity index is 1.69. The lowest BCUT2D eigenvalue weighted by Crippen LogP contribution is -1.98. The maximum atomic E-state index is 12.1. The van der Waals surface area contributed by atoms with Gasteiger partial charge in [0.1, 0.15) is 10.7 Å². The minimum atomic E-state index is -1.28. The third-order valence-corrected chi connectivity index (χ3v) is 7.18. The lowest BCUT2D eigenvalue weighted by atomic mass is 10.2. The molecule has 37 heavy (non-hydrogen) atoms. The van der Waals surface area contributed by atoms with Crippen LogP contribution in [0.4, 0.5) is 5.69 Å². The molecule has 0 saturated heterocycles. The van der Waals surface area contributed by atoms with Crippen LogP contribution in [0.1, 0.15) is 5.56 Å². The topological polar surface area (TPSA) is 129 Å². The van der Waals surface area contributed by atoms with Gasteiger partial charge in [0.25, 0.3) is 16.8 Å². The standard InChI is InChI=1S/C24H15Cl2N3O6S2/c1-34-19-8-4-15(26)12-18(19)22-27-28-24(35-22)37-21(23(30)31)11-13-10-16(29(32)33)5-9-20(13)36-17-6-2-14(25)3-7-17/h2-12H,1H3,(H,30,31)/b21-11+. The van der Waals surface area contributed by atoms with Gasteiger partial charge in [0.05, 0.1) is 17.6 Å². The maximum absolute atomic E-state index is 12.1. The first-order valence-corrected chi connectivity index (χ1v) is 12.6. The Hall–Kier alpha value is -3.51. The molecule has 0 spiro atoms. The first kappa shape index (κ1) is 26.6. The van der Waals surface area contributed by atoms with Crippen LogP contribution in [0.25, 0.3) is 17.5 Å². The predicted octanol–water partition coefficient (Wildman–Crippen LogP) is 7.33. The summed E-state index contributed by atoms with van der Waals surface area (Å²) in [5.41, 5.74) is 0.584. The molecule has 0 aliphatic rings. The van der Waals surface area contributed by atoms with E-state index in [0.29, 0.717) is 43.6 Å². The summed E-state index contributed by atoms with van der Waals surface area (Å²) >= 11 is 14.0. The predicted molar refractivity (Wildman–Crippen MR) is 141 cm³/mol. The maximum Gasteiger partial charge on any atom is 0.342 e. The van der Waals surface area contributed by atoms with Gasteiger partial charge in [-0.1, -0.05) is 35.0 Å². The Kier molecular flexibility index (Phi) is 8.39. The lowest BCUT2D eigenvalue weighted by molar-refractivity contribution is -0.384. The third kappa shape index (κ3) is 6.63. The molecule has 4 aromatic rings. The number of aliphatic carboxylic acids is 1. The van der Waals surface area contributed by atoms with Crippen LogP contribution < -0.4 is 4.74 Å². The number of carbonyl (C=O) groups is 1. The normalized spacial score (nSPS) is 11.4. The summed E-state index contributed by atoms with van der Waals surface area (Å²) in [6, 6.07) is 16.1. The van der Waals surface area contributed by atoms with Crippen LogP contribution in [0, 0.1) is 10.1 Å². The van der Waals surface area contributed by atoms with Gasteiger partial charge in [0.2, 0.25) is 0 Å². The number of hydrogen-bond acceptors (Lipinski definition) is 9. The number of halogens is 2. The van der Waals surface area contributed by atoms with Gasteiger partial charge in [-0.25, -0.2) is 4.79 Å². The minimum absolute atomic E-state index is 0.0528. The summed E-state index contributed by atoms with van der Waals surface area (Å²) in [5, 5.41) is 30.1. The van der Waals surface area contributed by atoms with Gasteiger partial charge >= 0.3 is 5.97 Å². The molecule has 0 unspecified atom stereocenters. The number of nitrogens with zero attached hydrogens (tertiary/aromatic N) is 3. The molecule has 4 rings (SSSR count). The number of carboxylic acid groups (broad SMARTS) is 1. The highest BCUT2D eigenvalue weighted by atomic mass is 35.5. The number of non-ortho nitro benzene ring substituents is 1. The van der Waals surface area contributed by atoms with Gasteiger partial charge in [-0.2, -0.15) is 0 Å². The Bertz CT molecular complexity index is 1510. The van der Waals surface area contributed by atoms with Crippen molar-refractivity contribution in [2.24, 2.45) is 0 Å². The van der Waals surface area contributed by atoms with Crippen LogP contribution in [0.15, 0.2) is 85.0 Å². The van der Waals surface area contributed by atoms with Crippen LogP contribution in [0.3, 0.4) is 0 Å². The van der Waals surface area contributed by atoms with Crippen LogP contribution >= 0.6 is 46.7 Å². The molecule has 0 fully saturated rings. The molecule has 1 N–H and O–H groups in total. The van der Waals surface area contributed by atoms with E-state index in [0.717, 1.165) is 4.90 Å². The van der Waals surface area contributed by atoms with Gasteiger partial charge in [-0.15, -0.1) is 10.2 Å². The Labute approximate surface area is 228 Å². The van der Waals surface area contributed by atoms with E-state index in [2.05, 4.69) is 10.2 Å². The summed E-state index contributed by atoms with van der Waals surface area (Å²) in [4.78, 5) is 24.1. The SMILES string of the molecule is COc1ccc(Cl)cc1-c1nnc(S/C(=C/c2cc([N+](=O)[O-])ccc2Sc2ccc(Cl)cc2)C(=O)O)o1. The monoisotopic (exact) mass is 575 g/mol. The highest BCUT2D eigenvalue weighted by Crippen LogP contribution is 2.38. The van der Waals surface area contributed by atoms with Crippen molar-refractivity contribution in [1.82, 2.24) is 10.2 Å². The number of methoxy groups -OCH3 is 1. The number of benzene rings is 3. The van der Waals surface area contributed by atoms with Crippen molar-refractivity contribution in [3.8, 4) is 17.2 Å². The quantitative estimate of drug-likeness (QED) is 0.0936. The average molecular weight is 576 g/mol. The first-order valence-electron chi connectivity index (χ1n) is 10.3. The fourth-order valence-corrected chi connectivity index (χ4v) is 4.92. The van der Waals surface area contributed by atoms with E-state index in [9.17, 15) is 20.0 Å². The molecular formula is C24H15Cl2N3O6S2. The third-order valence-electron chi connectivity index (χ3n) is 4.74. The van der Waals surface area contributed by atoms with E-state index in [1.807, 2.05) is 0 Å². The number of nitro groups is 1. The van der Waals surface area contributed by atoms with Gasteiger partial charge < -0.3 is 14.3 Å². The Morgan fingerprint density at radius 2 is 1.81 bits per heavy atom. The van der Waals surface area contributed by atoms with E-state index in [1.54, 1.807) is 48.5 Å². The molecule has 0 saturated carbocycles. The summed E-state index contributed by atoms with van der Waals surface area (Å²) in [6.07, 6.45) is 1.32. The zero-order chi connectivity index (χ0) is 26.5. The molecule has 188 valence electrons. The minimum Gasteiger partial charge on any atom is -0.496 e. The van der Waals surface area contributed by atoms with Crippen molar-refractivity contribution in [2.45, 2.75) is 15.0 Å². The van der Waals surface area contributed by atoms with Crippen molar-refractivity contribution in [3.05, 3.63) is 91.3 Å². The molecule has 0 aliphatic carbocycles. The fourth-order valence-electron chi connectivity index (χ4n) is 3.06. The van der Waals surface area contributed by atoms with E-state index >= 15 is 0 Å². The van der Waals surface area contributed by atoms with E-state index in [1.165, 1.54) is 37.1 Å². The molecule has 1 heterocycles. The first-order chi connectivity index (χ1) is 17.7. The van der Waals surface area contributed by atoms with Gasteiger partial charge in [0, 0.05) is 32.0 Å². The van der Waals surface area contributed by atoms with Crippen molar-refractivity contribution < 1.29 is 24.0 Å². The molecule has 0 amide bonds. The van der Waals surface area contributed by atoms with Crippen molar-refractivity contribution in [1.29, 1.82) is 0 Å². The molecule has 9 nitrogen and oxygen atoms in total. The van der Waals surface area contributed by atoms with Crippen LogP contribution in [0.5, 0.6) is 5.75 Å². The zero-order valence-electron chi connectivity index (χ0n) is 18.8. The molecule has 3 aromatic carbocycles. The summed E-state index contributed by atoms with van der Waals surface area (Å²) in [5.74, 6) is -0.751. The van der Waals surface area contributed by atoms with Crippen molar-refractivity contribution in [3.63, 3.8) is 0 Å². The largest absolute Gasteiger partial charge is 0.496 e. The summed E-state index contributed by atoms with van der Waals surface area (Å²) in [7, 11) is 1.47. The molecule has 1 aromatic heterocycles. The number of aromatic nitrogens is 2. The van der Waals surface area contributed by atoms with Crippen molar-refractivity contribution in [2.75, 3.05) is 7.11 Å². The van der Waals surface area contributed by atoms with Gasteiger partial charge in [-0.3, -0.25) is 10.1 Å².